The first-order valence-electron chi connectivity index (χ1n) is 7.23. The second-order valence-corrected chi connectivity index (χ2v) is 5.13. The lowest BCUT2D eigenvalue weighted by atomic mass is 10.1. The van der Waals surface area contributed by atoms with Crippen LogP contribution in [0.1, 0.15) is 16.1 Å². The molecule has 0 aliphatic heterocycles. The van der Waals surface area contributed by atoms with Gasteiger partial charge in [0, 0.05) is 34.8 Å². The first-order valence-corrected chi connectivity index (χ1v) is 7.23. The molecule has 0 fully saturated rings. The highest BCUT2D eigenvalue weighted by Gasteiger charge is 2.18. The van der Waals surface area contributed by atoms with Gasteiger partial charge in [-0.1, -0.05) is 6.07 Å². The van der Waals surface area contributed by atoms with Gasteiger partial charge in [-0.15, -0.1) is 0 Å². The fraction of sp³-hybridized carbons (Fsp3) is 0. The van der Waals surface area contributed by atoms with Crippen LogP contribution in [0.15, 0.2) is 67.4 Å². The number of hydrogen-bond donors (Lipinski definition) is 1. The summed E-state index contributed by atoms with van der Waals surface area (Å²) in [5.41, 5.74) is 2.81. The first kappa shape index (κ1) is 14.0. The summed E-state index contributed by atoms with van der Waals surface area (Å²) in [6, 6.07) is 10.5. The molecule has 1 N–H and O–H groups in total. The maximum Gasteiger partial charge on any atom is 0.222 e. The summed E-state index contributed by atoms with van der Waals surface area (Å²) >= 11 is 0. The van der Waals surface area contributed by atoms with Crippen LogP contribution in [0.5, 0.6) is 0 Å². The van der Waals surface area contributed by atoms with Crippen molar-refractivity contribution in [2.75, 3.05) is 0 Å². The standard InChI is InChI=1S/C17H12N5O2/c23-16(14-3-1-2-7-18-14)13-11-20-22-15(4-8-19-17(13)22)12-5-9-21(24)10-6-12/h1-11,24H/q+1. The molecule has 24 heavy (non-hydrogen) atoms. The second-order valence-electron chi connectivity index (χ2n) is 5.13. The van der Waals surface area contributed by atoms with Crippen LogP contribution in [0.4, 0.5) is 0 Å². The molecular formula is C17H12N5O2+. The molecule has 4 heterocycles. The van der Waals surface area contributed by atoms with Crippen molar-refractivity contribution in [3.05, 3.63) is 78.6 Å². The van der Waals surface area contributed by atoms with Gasteiger partial charge in [-0.2, -0.15) is 5.10 Å². The zero-order chi connectivity index (χ0) is 16.5. The SMILES string of the molecule is O=C(c1ccccn1)c1cnn2c(-c3cc[n+](O)cc3)ccnc12. The lowest BCUT2D eigenvalue weighted by Crippen LogP contribution is -2.27. The lowest BCUT2D eigenvalue weighted by Gasteiger charge is -2.03. The molecule has 0 radical (unpaired) electrons. The maximum atomic E-state index is 12.6. The van der Waals surface area contributed by atoms with E-state index in [1.165, 1.54) is 18.6 Å². The van der Waals surface area contributed by atoms with Crippen LogP contribution in [0, 0.1) is 0 Å². The number of pyridine rings is 2. The van der Waals surface area contributed by atoms with E-state index in [1.54, 1.807) is 53.3 Å². The Morgan fingerprint density at radius 1 is 1.04 bits per heavy atom. The summed E-state index contributed by atoms with van der Waals surface area (Å²) in [4.78, 5) is 21.0. The number of carbonyl (C=O) groups is 1. The topological polar surface area (TPSA) is 84.3 Å². The number of ketones is 1. The first-order chi connectivity index (χ1) is 11.7. The molecule has 0 aromatic carbocycles. The van der Waals surface area contributed by atoms with Crippen LogP contribution in [-0.2, 0) is 0 Å². The number of carbonyl (C=O) groups excluding carboxylic acids is 1. The number of fused-ring (bicyclic) bond motifs is 1. The minimum absolute atomic E-state index is 0.225. The predicted octanol–water partition coefficient (Wildman–Crippen LogP) is 1.55. The Morgan fingerprint density at radius 2 is 1.88 bits per heavy atom. The van der Waals surface area contributed by atoms with E-state index in [0.29, 0.717) is 16.9 Å². The summed E-state index contributed by atoms with van der Waals surface area (Å²) in [7, 11) is 0. The van der Waals surface area contributed by atoms with Crippen LogP contribution >= 0.6 is 0 Å². The number of nitrogens with zero attached hydrogens (tertiary/aromatic N) is 5. The molecule has 0 bridgehead atoms. The molecule has 0 aliphatic rings. The summed E-state index contributed by atoms with van der Waals surface area (Å²) in [6.45, 7) is 0. The van der Waals surface area contributed by atoms with Crippen LogP contribution in [0.2, 0.25) is 0 Å². The molecule has 0 aliphatic carbocycles. The third kappa shape index (κ3) is 2.28. The Bertz CT molecular complexity index is 1030. The quantitative estimate of drug-likeness (QED) is 0.352. The molecule has 7 heteroatoms. The maximum absolute atomic E-state index is 12.6. The number of hydrogen-bond acceptors (Lipinski definition) is 5. The third-order valence-corrected chi connectivity index (χ3v) is 3.65. The van der Waals surface area contributed by atoms with Crippen molar-refractivity contribution in [3.8, 4) is 11.3 Å². The fourth-order valence-electron chi connectivity index (χ4n) is 2.49. The monoisotopic (exact) mass is 318 g/mol. The van der Waals surface area contributed by atoms with Crippen molar-refractivity contribution in [1.82, 2.24) is 19.6 Å². The van der Waals surface area contributed by atoms with Crippen molar-refractivity contribution in [1.29, 1.82) is 0 Å². The average molecular weight is 318 g/mol. The average Bonchev–Trinajstić information content (AvgIpc) is 3.07. The number of rotatable bonds is 3. The Morgan fingerprint density at radius 3 is 2.62 bits per heavy atom. The summed E-state index contributed by atoms with van der Waals surface area (Å²) in [6.07, 6.45) is 7.74. The smallest absolute Gasteiger partial charge is 0.222 e. The van der Waals surface area contributed by atoms with E-state index >= 15 is 0 Å². The predicted molar refractivity (Wildman–Crippen MR) is 83.5 cm³/mol. The van der Waals surface area contributed by atoms with Crippen LogP contribution < -0.4 is 4.73 Å². The zero-order valence-electron chi connectivity index (χ0n) is 12.4. The second kappa shape index (κ2) is 5.54. The Hall–Kier alpha value is -3.61. The summed E-state index contributed by atoms with van der Waals surface area (Å²) in [5, 5.41) is 13.7. The highest BCUT2D eigenvalue weighted by molar-refractivity contribution is 6.11. The van der Waals surface area contributed by atoms with E-state index in [-0.39, 0.29) is 5.78 Å². The van der Waals surface area contributed by atoms with Gasteiger partial charge in [-0.3, -0.25) is 15.0 Å². The molecule has 116 valence electrons. The minimum Gasteiger partial charge on any atom is -0.287 e. The molecule has 0 atom stereocenters. The largest absolute Gasteiger partial charge is 0.287 e. The zero-order valence-corrected chi connectivity index (χ0v) is 12.4. The van der Waals surface area contributed by atoms with Crippen LogP contribution in [0.25, 0.3) is 16.9 Å². The molecular weight excluding hydrogens is 306 g/mol. The highest BCUT2D eigenvalue weighted by Crippen LogP contribution is 2.21. The van der Waals surface area contributed by atoms with Crippen molar-refractivity contribution in [2.24, 2.45) is 0 Å². The summed E-state index contributed by atoms with van der Waals surface area (Å²) in [5.74, 6) is -0.225. The molecule has 4 aromatic heterocycles. The molecule has 0 spiro atoms. The molecule has 4 rings (SSSR count). The van der Waals surface area contributed by atoms with E-state index in [1.807, 2.05) is 0 Å². The van der Waals surface area contributed by atoms with Crippen molar-refractivity contribution >= 4 is 11.4 Å². The molecule has 0 amide bonds. The van der Waals surface area contributed by atoms with E-state index < -0.39 is 0 Å². The molecule has 0 saturated carbocycles. The number of aromatic nitrogens is 5. The van der Waals surface area contributed by atoms with E-state index in [2.05, 4.69) is 15.1 Å². The molecule has 0 unspecified atom stereocenters. The Balaban J connectivity index is 1.85. The van der Waals surface area contributed by atoms with Crippen molar-refractivity contribution in [2.45, 2.75) is 0 Å². The van der Waals surface area contributed by atoms with Gasteiger partial charge in [0.2, 0.25) is 18.2 Å². The molecule has 4 aromatic rings. The van der Waals surface area contributed by atoms with Gasteiger partial charge in [-0.25, -0.2) is 9.50 Å². The van der Waals surface area contributed by atoms with Crippen molar-refractivity contribution in [3.63, 3.8) is 0 Å². The van der Waals surface area contributed by atoms with Gasteiger partial charge in [0.05, 0.1) is 17.5 Å². The van der Waals surface area contributed by atoms with E-state index in [4.69, 9.17) is 0 Å². The fourth-order valence-corrected chi connectivity index (χ4v) is 2.49. The van der Waals surface area contributed by atoms with Crippen LogP contribution in [0.3, 0.4) is 0 Å². The summed E-state index contributed by atoms with van der Waals surface area (Å²) < 4.78 is 2.56. The van der Waals surface area contributed by atoms with Gasteiger partial charge in [0.15, 0.2) is 5.65 Å². The lowest BCUT2D eigenvalue weighted by molar-refractivity contribution is -0.904. The minimum atomic E-state index is -0.225. The third-order valence-electron chi connectivity index (χ3n) is 3.65. The van der Waals surface area contributed by atoms with Crippen molar-refractivity contribution < 1.29 is 14.7 Å². The van der Waals surface area contributed by atoms with Gasteiger partial charge >= 0.3 is 0 Å². The Labute approximate surface area is 136 Å². The van der Waals surface area contributed by atoms with Gasteiger partial charge in [0.25, 0.3) is 0 Å². The highest BCUT2D eigenvalue weighted by atomic mass is 16.5. The van der Waals surface area contributed by atoms with Gasteiger partial charge in [0.1, 0.15) is 5.69 Å². The Kier molecular flexibility index (Phi) is 3.24. The van der Waals surface area contributed by atoms with Gasteiger partial charge in [-0.05, 0) is 18.2 Å². The normalized spacial score (nSPS) is 10.8. The van der Waals surface area contributed by atoms with Crippen LogP contribution in [-0.4, -0.2) is 30.6 Å². The van der Waals surface area contributed by atoms with E-state index in [9.17, 15) is 10.0 Å². The van der Waals surface area contributed by atoms with Gasteiger partial charge < -0.3 is 0 Å². The molecule has 0 saturated heterocycles. The molecule has 7 nitrogen and oxygen atoms in total. The van der Waals surface area contributed by atoms with E-state index in [0.717, 1.165) is 16.0 Å².